The van der Waals surface area contributed by atoms with Gasteiger partial charge in [-0.25, -0.2) is 0 Å². The third-order valence-electron chi connectivity index (χ3n) is 4.80. The van der Waals surface area contributed by atoms with Crippen molar-refractivity contribution in [3.8, 4) is 5.75 Å². The van der Waals surface area contributed by atoms with Crippen LogP contribution in [0.2, 0.25) is 0 Å². The molecular formula is C22H25N3O4. The summed E-state index contributed by atoms with van der Waals surface area (Å²) in [5, 5.41) is 2.79. The number of para-hydroxylation sites is 2. The van der Waals surface area contributed by atoms with Crippen LogP contribution in [-0.4, -0.2) is 48.9 Å². The lowest BCUT2D eigenvalue weighted by molar-refractivity contribution is -0.121. The molecule has 7 nitrogen and oxygen atoms in total. The summed E-state index contributed by atoms with van der Waals surface area (Å²) in [4.78, 5) is 40.5. The van der Waals surface area contributed by atoms with E-state index in [0.29, 0.717) is 35.8 Å². The van der Waals surface area contributed by atoms with Crippen LogP contribution in [0, 0.1) is 0 Å². The van der Waals surface area contributed by atoms with Crippen molar-refractivity contribution >= 4 is 29.1 Å². The third kappa shape index (κ3) is 4.74. The van der Waals surface area contributed by atoms with E-state index >= 15 is 0 Å². The Balaban J connectivity index is 1.68. The second-order valence-electron chi connectivity index (χ2n) is 6.65. The molecular weight excluding hydrogens is 370 g/mol. The highest BCUT2D eigenvalue weighted by molar-refractivity contribution is 6.04. The lowest BCUT2D eigenvalue weighted by Crippen LogP contribution is -2.37. The third-order valence-corrected chi connectivity index (χ3v) is 4.80. The van der Waals surface area contributed by atoms with E-state index in [1.807, 2.05) is 19.9 Å². The molecule has 2 aromatic rings. The van der Waals surface area contributed by atoms with Crippen LogP contribution in [0.1, 0.15) is 30.6 Å². The summed E-state index contributed by atoms with van der Waals surface area (Å²) in [6.45, 7) is 5.33. The van der Waals surface area contributed by atoms with Crippen molar-refractivity contribution in [1.29, 1.82) is 0 Å². The van der Waals surface area contributed by atoms with E-state index in [9.17, 15) is 14.4 Å². The molecule has 0 saturated carbocycles. The van der Waals surface area contributed by atoms with Crippen molar-refractivity contribution in [3.63, 3.8) is 0 Å². The fourth-order valence-corrected chi connectivity index (χ4v) is 3.23. The van der Waals surface area contributed by atoms with Crippen molar-refractivity contribution in [2.75, 3.05) is 36.5 Å². The number of ether oxygens (including phenoxy) is 1. The number of nitrogens with zero attached hydrogens (tertiary/aromatic N) is 2. The summed E-state index contributed by atoms with van der Waals surface area (Å²) in [6.07, 6.45) is 0.212. The number of carbonyl (C=O) groups excluding carboxylic acids is 3. The molecule has 152 valence electrons. The van der Waals surface area contributed by atoms with Crippen LogP contribution in [0.15, 0.2) is 48.5 Å². The van der Waals surface area contributed by atoms with E-state index in [0.717, 1.165) is 0 Å². The quantitative estimate of drug-likeness (QED) is 0.816. The predicted molar refractivity (Wildman–Crippen MR) is 111 cm³/mol. The van der Waals surface area contributed by atoms with E-state index in [-0.39, 0.29) is 37.3 Å². The molecule has 3 rings (SSSR count). The molecule has 1 N–H and O–H groups in total. The van der Waals surface area contributed by atoms with Gasteiger partial charge >= 0.3 is 0 Å². The number of amides is 3. The molecule has 0 atom stereocenters. The molecule has 0 aromatic heterocycles. The first kappa shape index (κ1) is 20.4. The van der Waals surface area contributed by atoms with Gasteiger partial charge in [0.2, 0.25) is 11.8 Å². The standard InChI is InChI=1S/C22H25N3O4/c1-3-24(4-2)22(28)16-9-11-17(12-10-16)23-20(26)15-25-18-7-5-6-8-19(18)29-14-13-21(25)27/h5-12H,3-4,13-15H2,1-2H3,(H,23,26). The Bertz CT molecular complexity index is 891. The van der Waals surface area contributed by atoms with E-state index < -0.39 is 0 Å². The first-order chi connectivity index (χ1) is 14.0. The summed E-state index contributed by atoms with van der Waals surface area (Å²) < 4.78 is 5.59. The number of anilines is 2. The van der Waals surface area contributed by atoms with Crippen LogP contribution in [0.25, 0.3) is 0 Å². The molecule has 7 heteroatoms. The average Bonchev–Trinajstić information content (AvgIpc) is 2.88. The maximum absolute atomic E-state index is 12.5. The van der Waals surface area contributed by atoms with Crippen LogP contribution < -0.4 is 15.0 Å². The molecule has 1 heterocycles. The summed E-state index contributed by atoms with van der Waals surface area (Å²) in [5.74, 6) is 0.0632. The lowest BCUT2D eigenvalue weighted by Gasteiger charge is -2.21. The van der Waals surface area contributed by atoms with Crippen LogP contribution in [-0.2, 0) is 9.59 Å². The summed E-state index contributed by atoms with van der Waals surface area (Å²) in [6, 6.07) is 13.9. The Morgan fingerprint density at radius 1 is 1.07 bits per heavy atom. The number of fused-ring (bicyclic) bond motifs is 1. The van der Waals surface area contributed by atoms with E-state index in [4.69, 9.17) is 4.74 Å². The van der Waals surface area contributed by atoms with Crippen molar-refractivity contribution in [2.24, 2.45) is 0 Å². The monoisotopic (exact) mass is 395 g/mol. The molecule has 0 bridgehead atoms. The van der Waals surface area contributed by atoms with Gasteiger partial charge in [0.05, 0.1) is 18.7 Å². The van der Waals surface area contributed by atoms with E-state index in [1.165, 1.54) is 4.90 Å². The second-order valence-corrected chi connectivity index (χ2v) is 6.65. The van der Waals surface area contributed by atoms with Crippen molar-refractivity contribution < 1.29 is 19.1 Å². The van der Waals surface area contributed by atoms with Gasteiger partial charge in [0, 0.05) is 24.3 Å². The molecule has 0 fully saturated rings. The Hall–Kier alpha value is -3.35. The largest absolute Gasteiger partial charge is 0.491 e. The lowest BCUT2D eigenvalue weighted by atomic mass is 10.1. The zero-order chi connectivity index (χ0) is 20.8. The molecule has 2 aromatic carbocycles. The fraction of sp³-hybridized carbons (Fsp3) is 0.318. The van der Waals surface area contributed by atoms with Gasteiger partial charge in [0.25, 0.3) is 5.91 Å². The molecule has 1 aliphatic rings. The highest BCUT2D eigenvalue weighted by Crippen LogP contribution is 2.30. The minimum absolute atomic E-state index is 0.0420. The van der Waals surface area contributed by atoms with Crippen LogP contribution in [0.5, 0.6) is 5.75 Å². The summed E-state index contributed by atoms with van der Waals surface area (Å²) in [7, 11) is 0. The Labute approximate surface area is 170 Å². The maximum Gasteiger partial charge on any atom is 0.253 e. The Kier molecular flexibility index (Phi) is 6.49. The van der Waals surface area contributed by atoms with Crippen LogP contribution in [0.4, 0.5) is 11.4 Å². The normalized spacial score (nSPS) is 13.2. The van der Waals surface area contributed by atoms with Gasteiger partial charge in [-0.3, -0.25) is 19.3 Å². The number of hydrogen-bond acceptors (Lipinski definition) is 4. The summed E-state index contributed by atoms with van der Waals surface area (Å²) >= 11 is 0. The maximum atomic E-state index is 12.5. The van der Waals surface area contributed by atoms with Crippen molar-refractivity contribution in [2.45, 2.75) is 20.3 Å². The molecule has 0 unspecified atom stereocenters. The van der Waals surface area contributed by atoms with Crippen molar-refractivity contribution in [1.82, 2.24) is 4.90 Å². The first-order valence-electron chi connectivity index (χ1n) is 9.74. The van der Waals surface area contributed by atoms with Gasteiger partial charge in [0.1, 0.15) is 12.3 Å². The Morgan fingerprint density at radius 3 is 2.45 bits per heavy atom. The molecule has 29 heavy (non-hydrogen) atoms. The molecule has 0 aliphatic carbocycles. The molecule has 0 spiro atoms. The van der Waals surface area contributed by atoms with Crippen LogP contribution in [0.3, 0.4) is 0 Å². The van der Waals surface area contributed by atoms with Gasteiger partial charge < -0.3 is 15.0 Å². The minimum atomic E-state index is -0.321. The zero-order valence-corrected chi connectivity index (χ0v) is 16.7. The van der Waals surface area contributed by atoms with Gasteiger partial charge in [0.15, 0.2) is 0 Å². The molecule has 3 amide bonds. The van der Waals surface area contributed by atoms with Crippen molar-refractivity contribution in [3.05, 3.63) is 54.1 Å². The average molecular weight is 395 g/mol. The van der Waals surface area contributed by atoms with Crippen LogP contribution >= 0.6 is 0 Å². The molecule has 0 saturated heterocycles. The highest BCUT2D eigenvalue weighted by atomic mass is 16.5. The number of carbonyl (C=O) groups is 3. The Morgan fingerprint density at radius 2 is 1.76 bits per heavy atom. The SMILES string of the molecule is CCN(CC)C(=O)c1ccc(NC(=O)CN2C(=O)CCOc3ccccc32)cc1. The number of benzene rings is 2. The minimum Gasteiger partial charge on any atom is -0.491 e. The van der Waals surface area contributed by atoms with Gasteiger partial charge in [-0.05, 0) is 50.2 Å². The number of nitrogens with one attached hydrogen (secondary N) is 1. The second kappa shape index (κ2) is 9.23. The van der Waals surface area contributed by atoms with Gasteiger partial charge in [-0.1, -0.05) is 12.1 Å². The highest BCUT2D eigenvalue weighted by Gasteiger charge is 2.25. The van der Waals surface area contributed by atoms with E-state index in [1.54, 1.807) is 47.4 Å². The van der Waals surface area contributed by atoms with E-state index in [2.05, 4.69) is 5.32 Å². The topological polar surface area (TPSA) is 79.0 Å². The fourth-order valence-electron chi connectivity index (χ4n) is 3.23. The zero-order valence-electron chi connectivity index (χ0n) is 16.7. The van der Waals surface area contributed by atoms with Gasteiger partial charge in [-0.15, -0.1) is 0 Å². The number of rotatable bonds is 6. The molecule has 0 radical (unpaired) electrons. The number of hydrogen-bond donors (Lipinski definition) is 1. The molecule has 1 aliphatic heterocycles. The summed E-state index contributed by atoms with van der Waals surface area (Å²) in [5.41, 5.74) is 1.73. The predicted octanol–water partition coefficient (Wildman–Crippen LogP) is 2.92. The smallest absolute Gasteiger partial charge is 0.253 e. The van der Waals surface area contributed by atoms with Gasteiger partial charge in [-0.2, -0.15) is 0 Å². The first-order valence-corrected chi connectivity index (χ1v) is 9.74.